The Balaban J connectivity index is 0.000000297. The Bertz CT molecular complexity index is 1030. The molecular formula is C22H19NO7. The summed E-state index contributed by atoms with van der Waals surface area (Å²) in [5.74, 6) is -2.21. The van der Waals surface area contributed by atoms with Gasteiger partial charge in [0.2, 0.25) is 0 Å². The van der Waals surface area contributed by atoms with Crippen molar-refractivity contribution in [2.24, 2.45) is 0 Å². The molecule has 0 saturated heterocycles. The number of ether oxygens (including phenoxy) is 1. The Morgan fingerprint density at radius 1 is 0.900 bits per heavy atom. The molecule has 154 valence electrons. The number of nitro groups is 1. The van der Waals surface area contributed by atoms with Crippen LogP contribution < -0.4 is 4.74 Å². The predicted molar refractivity (Wildman–Crippen MR) is 109 cm³/mol. The Labute approximate surface area is 172 Å². The second-order valence-electron chi connectivity index (χ2n) is 6.09. The van der Waals surface area contributed by atoms with Crippen LogP contribution in [0, 0.1) is 17.0 Å². The van der Waals surface area contributed by atoms with E-state index in [1.54, 1.807) is 18.2 Å². The van der Waals surface area contributed by atoms with Crippen molar-refractivity contribution in [3.05, 3.63) is 105 Å². The Kier molecular flexibility index (Phi) is 7.64. The van der Waals surface area contributed by atoms with E-state index in [-0.39, 0.29) is 34.7 Å². The minimum Gasteiger partial charge on any atom is -0.488 e. The van der Waals surface area contributed by atoms with Crippen LogP contribution in [0.4, 0.5) is 5.69 Å². The average molecular weight is 409 g/mol. The number of carbonyl (C=O) groups is 2. The first-order chi connectivity index (χ1) is 14.3. The molecule has 0 aliphatic carbocycles. The van der Waals surface area contributed by atoms with Gasteiger partial charge < -0.3 is 14.9 Å². The average Bonchev–Trinajstić information content (AvgIpc) is 2.73. The minimum absolute atomic E-state index is 0.0422. The van der Waals surface area contributed by atoms with E-state index in [0.29, 0.717) is 0 Å². The van der Waals surface area contributed by atoms with Crippen molar-refractivity contribution in [1.29, 1.82) is 0 Å². The number of hydrogen-bond donors (Lipinski definition) is 2. The lowest BCUT2D eigenvalue weighted by molar-refractivity contribution is -0.384. The standard InChI is InChI=1S/C16H14O5.C6H5NO2/c1-10-12(15(17)18)7-8-13(14(10)16(19)20)21-9-11-5-3-2-4-6-11;8-7(9)6-4-2-1-3-5-6/h2-8H,9H2,1H3,(H,17,18)(H,19,20);1-5H. The minimum atomic E-state index is -1.21. The molecule has 3 aromatic carbocycles. The van der Waals surface area contributed by atoms with Gasteiger partial charge in [0.15, 0.2) is 0 Å². The molecule has 0 amide bonds. The number of nitro benzene ring substituents is 1. The quantitative estimate of drug-likeness (QED) is 0.451. The molecule has 0 aliphatic heterocycles. The SMILES string of the molecule is Cc1c(C(=O)O)ccc(OCc2ccccc2)c1C(=O)O.O=[N+]([O-])c1ccccc1. The fraction of sp³-hybridized carbons (Fsp3) is 0.0909. The molecule has 0 bridgehead atoms. The third kappa shape index (κ3) is 5.90. The summed E-state index contributed by atoms with van der Waals surface area (Å²) in [6.45, 7) is 1.68. The van der Waals surface area contributed by atoms with Crippen molar-refractivity contribution in [1.82, 2.24) is 0 Å². The smallest absolute Gasteiger partial charge is 0.339 e. The molecule has 8 nitrogen and oxygen atoms in total. The van der Waals surface area contributed by atoms with Crippen LogP contribution in [-0.4, -0.2) is 27.1 Å². The van der Waals surface area contributed by atoms with Crippen LogP contribution in [0.3, 0.4) is 0 Å². The summed E-state index contributed by atoms with van der Waals surface area (Å²) in [7, 11) is 0. The maximum Gasteiger partial charge on any atom is 0.339 e. The first-order valence-corrected chi connectivity index (χ1v) is 8.77. The van der Waals surface area contributed by atoms with Gasteiger partial charge in [0.25, 0.3) is 5.69 Å². The largest absolute Gasteiger partial charge is 0.488 e. The maximum absolute atomic E-state index is 11.4. The Hall–Kier alpha value is -4.20. The molecule has 8 heteroatoms. The highest BCUT2D eigenvalue weighted by Crippen LogP contribution is 2.26. The van der Waals surface area contributed by atoms with E-state index in [0.717, 1.165) is 5.56 Å². The molecule has 3 aromatic rings. The van der Waals surface area contributed by atoms with Gasteiger partial charge in [0, 0.05) is 12.1 Å². The highest BCUT2D eigenvalue weighted by molar-refractivity contribution is 5.98. The molecule has 3 rings (SSSR count). The number of carboxylic acid groups (broad SMARTS) is 2. The number of benzene rings is 3. The molecule has 0 unspecified atom stereocenters. The molecule has 0 spiro atoms. The van der Waals surface area contributed by atoms with Gasteiger partial charge in [-0.2, -0.15) is 0 Å². The van der Waals surface area contributed by atoms with Crippen molar-refractivity contribution >= 4 is 17.6 Å². The number of non-ortho nitro benzene ring substituents is 1. The van der Waals surface area contributed by atoms with E-state index in [4.69, 9.17) is 9.84 Å². The zero-order valence-electron chi connectivity index (χ0n) is 16.0. The van der Waals surface area contributed by atoms with Crippen LogP contribution in [0.1, 0.15) is 31.8 Å². The molecule has 0 heterocycles. The molecule has 0 fully saturated rings. The Morgan fingerprint density at radius 3 is 1.93 bits per heavy atom. The van der Waals surface area contributed by atoms with Crippen molar-refractivity contribution in [3.63, 3.8) is 0 Å². The van der Waals surface area contributed by atoms with Crippen molar-refractivity contribution in [2.45, 2.75) is 13.5 Å². The van der Waals surface area contributed by atoms with Crippen LogP contribution >= 0.6 is 0 Å². The number of hydrogen-bond acceptors (Lipinski definition) is 5. The highest BCUT2D eigenvalue weighted by atomic mass is 16.6. The normalized spacial score (nSPS) is 9.77. The molecule has 0 saturated carbocycles. The summed E-state index contributed by atoms with van der Waals surface area (Å²) in [6, 6.07) is 20.0. The van der Waals surface area contributed by atoms with Gasteiger partial charge in [-0.1, -0.05) is 48.5 Å². The highest BCUT2D eigenvalue weighted by Gasteiger charge is 2.20. The first kappa shape index (κ1) is 22.1. The summed E-state index contributed by atoms with van der Waals surface area (Å²) >= 11 is 0. The molecule has 30 heavy (non-hydrogen) atoms. The van der Waals surface area contributed by atoms with Crippen LogP contribution in [0.2, 0.25) is 0 Å². The van der Waals surface area contributed by atoms with Crippen LogP contribution in [0.5, 0.6) is 5.75 Å². The number of rotatable bonds is 6. The number of nitrogens with zero attached hydrogens (tertiary/aromatic N) is 1. The molecule has 0 radical (unpaired) electrons. The van der Waals surface area contributed by atoms with E-state index in [9.17, 15) is 24.8 Å². The zero-order valence-corrected chi connectivity index (χ0v) is 16.0. The second-order valence-corrected chi connectivity index (χ2v) is 6.09. The topological polar surface area (TPSA) is 127 Å². The summed E-state index contributed by atoms with van der Waals surface area (Å²) in [5.41, 5.74) is 1.05. The van der Waals surface area contributed by atoms with Gasteiger partial charge in [-0.3, -0.25) is 10.1 Å². The fourth-order valence-corrected chi connectivity index (χ4v) is 2.59. The summed E-state index contributed by atoms with van der Waals surface area (Å²) < 4.78 is 5.53. The molecule has 0 aliphatic rings. The number of aromatic carboxylic acids is 2. The van der Waals surface area contributed by atoms with Crippen LogP contribution in [-0.2, 0) is 6.61 Å². The zero-order chi connectivity index (χ0) is 22.1. The van der Waals surface area contributed by atoms with E-state index < -0.39 is 16.9 Å². The van der Waals surface area contributed by atoms with Crippen molar-refractivity contribution < 1.29 is 29.5 Å². The van der Waals surface area contributed by atoms with Crippen LogP contribution in [0.15, 0.2) is 72.8 Å². The molecular weight excluding hydrogens is 390 g/mol. The summed E-state index contributed by atoms with van der Waals surface area (Å²) in [4.78, 5) is 32.0. The van der Waals surface area contributed by atoms with Gasteiger partial charge in [-0.15, -0.1) is 0 Å². The summed E-state index contributed by atoms with van der Waals surface area (Å²) in [6.07, 6.45) is 0. The first-order valence-electron chi connectivity index (χ1n) is 8.77. The third-order valence-electron chi connectivity index (χ3n) is 4.08. The van der Waals surface area contributed by atoms with Gasteiger partial charge in [-0.25, -0.2) is 9.59 Å². The van der Waals surface area contributed by atoms with Crippen molar-refractivity contribution in [2.75, 3.05) is 0 Å². The number of para-hydroxylation sites is 1. The monoisotopic (exact) mass is 409 g/mol. The summed E-state index contributed by atoms with van der Waals surface area (Å²) in [5, 5.41) is 28.3. The molecule has 0 aromatic heterocycles. The maximum atomic E-state index is 11.4. The lowest BCUT2D eigenvalue weighted by atomic mass is 10.0. The lowest BCUT2D eigenvalue weighted by Gasteiger charge is -2.13. The van der Waals surface area contributed by atoms with Gasteiger partial charge in [-0.05, 0) is 30.2 Å². The number of carboxylic acids is 2. The van der Waals surface area contributed by atoms with Crippen LogP contribution in [0.25, 0.3) is 0 Å². The molecule has 0 atom stereocenters. The Morgan fingerprint density at radius 2 is 1.47 bits per heavy atom. The molecule has 2 N–H and O–H groups in total. The fourth-order valence-electron chi connectivity index (χ4n) is 2.59. The van der Waals surface area contributed by atoms with Gasteiger partial charge >= 0.3 is 11.9 Å². The van der Waals surface area contributed by atoms with E-state index >= 15 is 0 Å². The lowest BCUT2D eigenvalue weighted by Crippen LogP contribution is -2.10. The van der Waals surface area contributed by atoms with E-state index in [1.807, 2.05) is 30.3 Å². The van der Waals surface area contributed by atoms with E-state index in [2.05, 4.69) is 0 Å². The van der Waals surface area contributed by atoms with Gasteiger partial charge in [0.1, 0.15) is 17.9 Å². The van der Waals surface area contributed by atoms with E-state index in [1.165, 1.54) is 31.2 Å². The van der Waals surface area contributed by atoms with Gasteiger partial charge in [0.05, 0.1) is 10.5 Å². The van der Waals surface area contributed by atoms with Crippen molar-refractivity contribution in [3.8, 4) is 5.75 Å². The predicted octanol–water partition coefficient (Wildman–Crippen LogP) is 4.57. The second kappa shape index (κ2) is 10.4. The third-order valence-corrected chi connectivity index (χ3v) is 4.08.